The van der Waals surface area contributed by atoms with Gasteiger partial charge in [-0.05, 0) is 44.4 Å². The summed E-state index contributed by atoms with van der Waals surface area (Å²) in [4.78, 5) is 3.16. The molecule has 9 heteroatoms. The summed E-state index contributed by atoms with van der Waals surface area (Å²) in [7, 11) is 4.16. The predicted octanol–water partition coefficient (Wildman–Crippen LogP) is 5.30. The van der Waals surface area contributed by atoms with Crippen LogP contribution in [-0.2, 0) is 6.54 Å². The summed E-state index contributed by atoms with van der Waals surface area (Å²) >= 11 is 3.18. The van der Waals surface area contributed by atoms with Crippen molar-refractivity contribution in [1.29, 1.82) is 0 Å². The summed E-state index contributed by atoms with van der Waals surface area (Å²) in [6.45, 7) is 4.94. The van der Waals surface area contributed by atoms with Gasteiger partial charge in [-0.1, -0.05) is 55.1 Å². The Balaban J connectivity index is 1.62. The summed E-state index contributed by atoms with van der Waals surface area (Å²) in [6.07, 6.45) is 0.952. The molecular formula is C22H26N6OS2. The molecule has 0 bridgehead atoms. The highest BCUT2D eigenvalue weighted by atomic mass is 32.2. The van der Waals surface area contributed by atoms with E-state index in [1.807, 2.05) is 23.6 Å². The van der Waals surface area contributed by atoms with E-state index in [9.17, 15) is 0 Å². The van der Waals surface area contributed by atoms with Crippen molar-refractivity contribution in [3.63, 3.8) is 0 Å². The van der Waals surface area contributed by atoms with Crippen LogP contribution in [0.4, 0.5) is 0 Å². The van der Waals surface area contributed by atoms with Gasteiger partial charge in [0.15, 0.2) is 11.0 Å². The van der Waals surface area contributed by atoms with Crippen LogP contribution in [0, 0.1) is 0 Å². The van der Waals surface area contributed by atoms with Crippen molar-refractivity contribution >= 4 is 23.1 Å². The molecule has 0 saturated heterocycles. The van der Waals surface area contributed by atoms with E-state index < -0.39 is 0 Å². The minimum absolute atomic E-state index is 0.0489. The van der Waals surface area contributed by atoms with Gasteiger partial charge in [-0.2, -0.15) is 0 Å². The normalized spacial score (nSPS) is 13.6. The van der Waals surface area contributed by atoms with Crippen LogP contribution in [0.2, 0.25) is 0 Å². The number of aromatic nitrogens is 5. The second-order valence-corrected chi connectivity index (χ2v) is 9.74. The lowest BCUT2D eigenvalue weighted by Gasteiger charge is -2.23. The minimum atomic E-state index is -0.0489. The topological polar surface area (TPSA) is 72.9 Å². The second kappa shape index (κ2) is 9.76. The van der Waals surface area contributed by atoms with Gasteiger partial charge in [0.25, 0.3) is 5.89 Å². The quantitative estimate of drug-likeness (QED) is 0.318. The second-order valence-electron chi connectivity index (χ2n) is 7.48. The summed E-state index contributed by atoms with van der Waals surface area (Å²) < 4.78 is 8.15. The van der Waals surface area contributed by atoms with E-state index in [-0.39, 0.29) is 11.3 Å². The molecule has 0 aliphatic rings. The van der Waals surface area contributed by atoms with Gasteiger partial charge in [0.1, 0.15) is 0 Å². The van der Waals surface area contributed by atoms with Crippen molar-refractivity contribution in [2.75, 3.05) is 14.1 Å². The molecule has 3 heterocycles. The van der Waals surface area contributed by atoms with E-state index >= 15 is 0 Å². The van der Waals surface area contributed by atoms with Gasteiger partial charge in [0.2, 0.25) is 5.89 Å². The van der Waals surface area contributed by atoms with Crippen molar-refractivity contribution in [3.05, 3.63) is 65.1 Å². The Hall–Kier alpha value is -2.49. The molecule has 0 spiro atoms. The summed E-state index contributed by atoms with van der Waals surface area (Å²) in [5.41, 5.74) is 1.21. The zero-order chi connectivity index (χ0) is 21.8. The molecule has 3 aromatic heterocycles. The van der Waals surface area contributed by atoms with Crippen LogP contribution in [0.5, 0.6) is 0 Å². The zero-order valence-electron chi connectivity index (χ0n) is 18.1. The molecule has 162 valence electrons. The molecule has 7 nitrogen and oxygen atoms in total. The largest absolute Gasteiger partial charge is 0.419 e. The minimum Gasteiger partial charge on any atom is -0.419 e. The van der Waals surface area contributed by atoms with Crippen LogP contribution in [-0.4, -0.2) is 44.0 Å². The van der Waals surface area contributed by atoms with Crippen LogP contribution in [0.15, 0.2) is 57.4 Å². The lowest BCUT2D eigenvalue weighted by molar-refractivity contribution is 0.272. The molecule has 0 unspecified atom stereocenters. The van der Waals surface area contributed by atoms with Crippen LogP contribution < -0.4 is 0 Å². The molecule has 31 heavy (non-hydrogen) atoms. The van der Waals surface area contributed by atoms with Gasteiger partial charge in [-0.15, -0.1) is 31.7 Å². The van der Waals surface area contributed by atoms with Gasteiger partial charge in [0, 0.05) is 0 Å². The molecule has 0 fully saturated rings. The maximum atomic E-state index is 5.94. The SMILES string of the molecule is CC[C@H](c1nnc(S[C@@H](C)c2nnc(-c3cccs3)o2)n1Cc1ccccc1)N(C)C. The van der Waals surface area contributed by atoms with Gasteiger partial charge >= 0.3 is 0 Å². The number of nitrogens with zero attached hydrogens (tertiary/aromatic N) is 6. The number of thiophene rings is 1. The van der Waals surface area contributed by atoms with E-state index in [1.54, 1.807) is 23.1 Å². The third-order valence-corrected chi connectivity index (χ3v) is 6.97. The molecule has 0 saturated carbocycles. The number of rotatable bonds is 9. The monoisotopic (exact) mass is 454 g/mol. The highest BCUT2D eigenvalue weighted by Crippen LogP contribution is 2.36. The van der Waals surface area contributed by atoms with Crippen molar-refractivity contribution in [2.24, 2.45) is 0 Å². The molecule has 4 aromatic rings. The first-order valence-corrected chi connectivity index (χ1v) is 12.0. The Morgan fingerprint density at radius 1 is 1.06 bits per heavy atom. The lowest BCUT2D eigenvalue weighted by Crippen LogP contribution is -2.23. The third-order valence-electron chi connectivity index (χ3n) is 5.04. The van der Waals surface area contributed by atoms with Crippen LogP contribution in [0.1, 0.15) is 48.8 Å². The maximum absolute atomic E-state index is 5.94. The van der Waals surface area contributed by atoms with Crippen molar-refractivity contribution in [2.45, 2.75) is 43.3 Å². The zero-order valence-corrected chi connectivity index (χ0v) is 19.7. The third kappa shape index (κ3) is 4.89. The van der Waals surface area contributed by atoms with Gasteiger partial charge < -0.3 is 8.98 Å². The smallest absolute Gasteiger partial charge is 0.257 e. The summed E-state index contributed by atoms with van der Waals surface area (Å²) in [5.74, 6) is 2.11. The fraction of sp³-hybridized carbons (Fsp3) is 0.364. The molecule has 0 aliphatic heterocycles. The molecule has 0 N–H and O–H groups in total. The average Bonchev–Trinajstić information content (AvgIpc) is 3.51. The summed E-state index contributed by atoms with van der Waals surface area (Å²) in [5, 5.41) is 20.4. The molecule has 1 aromatic carbocycles. The van der Waals surface area contributed by atoms with Crippen molar-refractivity contribution in [1.82, 2.24) is 29.9 Å². The first kappa shape index (κ1) is 21.7. The molecule has 0 amide bonds. The standard InChI is InChI=1S/C22H26N6OS2/c1-5-17(27(3)4)19-23-26-22(28(19)14-16-10-7-6-8-11-16)31-15(2)20-24-25-21(29-20)18-12-9-13-30-18/h6-13,15,17H,5,14H2,1-4H3/t15-,17+/m0/s1. The van der Waals surface area contributed by atoms with Gasteiger partial charge in [-0.25, -0.2) is 0 Å². The highest BCUT2D eigenvalue weighted by molar-refractivity contribution is 7.99. The fourth-order valence-electron chi connectivity index (χ4n) is 3.43. The van der Waals surface area contributed by atoms with E-state index in [4.69, 9.17) is 4.42 Å². The van der Waals surface area contributed by atoms with Crippen molar-refractivity contribution in [3.8, 4) is 10.8 Å². The predicted molar refractivity (Wildman–Crippen MR) is 124 cm³/mol. The first-order valence-electron chi connectivity index (χ1n) is 10.2. The van der Waals surface area contributed by atoms with E-state index in [0.29, 0.717) is 18.3 Å². The molecular weight excluding hydrogens is 428 g/mol. The maximum Gasteiger partial charge on any atom is 0.257 e. The van der Waals surface area contributed by atoms with E-state index in [1.165, 1.54) is 5.56 Å². The Morgan fingerprint density at radius 3 is 2.55 bits per heavy atom. The lowest BCUT2D eigenvalue weighted by atomic mass is 10.2. The van der Waals surface area contributed by atoms with Crippen molar-refractivity contribution < 1.29 is 4.42 Å². The Labute approximate surface area is 190 Å². The van der Waals surface area contributed by atoms with Gasteiger partial charge in [-0.3, -0.25) is 4.90 Å². The average molecular weight is 455 g/mol. The van der Waals surface area contributed by atoms with E-state index in [0.717, 1.165) is 22.3 Å². The van der Waals surface area contributed by atoms with Gasteiger partial charge in [0.05, 0.1) is 22.7 Å². The fourth-order valence-corrected chi connectivity index (χ4v) is 4.96. The molecule has 0 aliphatic carbocycles. The number of benzene rings is 1. The van der Waals surface area contributed by atoms with Crippen LogP contribution in [0.3, 0.4) is 0 Å². The molecule has 0 radical (unpaired) electrons. The molecule has 4 rings (SSSR count). The number of hydrogen-bond acceptors (Lipinski definition) is 8. The van der Waals surface area contributed by atoms with Crippen LogP contribution >= 0.6 is 23.1 Å². The summed E-state index contributed by atoms with van der Waals surface area (Å²) in [6, 6.07) is 14.6. The number of hydrogen-bond donors (Lipinski definition) is 0. The Bertz CT molecular complexity index is 1090. The van der Waals surface area contributed by atoms with Crippen LogP contribution in [0.25, 0.3) is 10.8 Å². The number of thioether (sulfide) groups is 1. The van der Waals surface area contributed by atoms with E-state index in [2.05, 4.69) is 82.1 Å². The Morgan fingerprint density at radius 2 is 1.87 bits per heavy atom. The Kier molecular flexibility index (Phi) is 6.84. The highest BCUT2D eigenvalue weighted by Gasteiger charge is 2.25. The first-order chi connectivity index (χ1) is 15.1. The molecule has 2 atom stereocenters.